The van der Waals surface area contributed by atoms with Crippen LogP contribution in [0.3, 0.4) is 0 Å². The minimum absolute atomic E-state index is 0.289. The first-order valence-electron chi connectivity index (χ1n) is 11.9. The van der Waals surface area contributed by atoms with Crippen molar-refractivity contribution in [3.8, 4) is 5.75 Å². The number of aryl methyl sites for hydroxylation is 1. The van der Waals surface area contributed by atoms with Crippen LogP contribution in [0.4, 0.5) is 8.78 Å². The minimum Gasteiger partial charge on any atom is -0.508 e. The highest BCUT2D eigenvalue weighted by Gasteiger charge is 2.19. The van der Waals surface area contributed by atoms with Crippen LogP contribution in [0.1, 0.15) is 29.2 Å². The molecule has 0 aromatic heterocycles. The van der Waals surface area contributed by atoms with E-state index < -0.39 is 0 Å². The molecule has 3 aromatic rings. The van der Waals surface area contributed by atoms with E-state index in [1.54, 1.807) is 36.4 Å². The molecule has 4 nitrogen and oxygen atoms in total. The topological polar surface area (TPSA) is 35.9 Å². The van der Waals surface area contributed by atoms with Crippen molar-refractivity contribution in [2.45, 2.75) is 18.9 Å². The van der Waals surface area contributed by atoms with E-state index in [0.717, 1.165) is 63.2 Å². The molecule has 0 bridgehead atoms. The summed E-state index contributed by atoms with van der Waals surface area (Å²) < 4.78 is 33.0. The molecule has 0 unspecified atom stereocenters. The Balaban J connectivity index is 1.21. The highest BCUT2D eigenvalue weighted by Crippen LogP contribution is 2.26. The number of phenols is 1. The highest BCUT2D eigenvalue weighted by molar-refractivity contribution is 5.30. The van der Waals surface area contributed by atoms with Gasteiger partial charge in [0, 0.05) is 32.7 Å². The second-order valence-electron chi connectivity index (χ2n) is 8.81. The third-order valence-electron chi connectivity index (χ3n) is 6.38. The van der Waals surface area contributed by atoms with Gasteiger partial charge in [-0.25, -0.2) is 8.78 Å². The van der Waals surface area contributed by atoms with Gasteiger partial charge in [-0.2, -0.15) is 0 Å². The summed E-state index contributed by atoms with van der Waals surface area (Å²) in [6.45, 7) is 6.51. The SMILES string of the molecule is Oc1ccc(CCCN2CCN(CCOC(c3ccc(F)cc3)c3ccc(F)cc3)CC2)cc1. The monoisotopic (exact) mass is 466 g/mol. The van der Waals surface area contributed by atoms with Crippen LogP contribution in [-0.4, -0.2) is 60.8 Å². The molecule has 0 spiro atoms. The number of halogens is 2. The third kappa shape index (κ3) is 7.10. The normalized spacial score (nSPS) is 15.1. The molecule has 0 aliphatic carbocycles. The van der Waals surface area contributed by atoms with Crippen LogP contribution in [0, 0.1) is 11.6 Å². The van der Waals surface area contributed by atoms with E-state index in [4.69, 9.17) is 4.74 Å². The third-order valence-corrected chi connectivity index (χ3v) is 6.38. The summed E-state index contributed by atoms with van der Waals surface area (Å²) >= 11 is 0. The Bertz CT molecular complexity index is 957. The molecule has 0 atom stereocenters. The molecule has 1 saturated heterocycles. The molecule has 1 N–H and O–H groups in total. The van der Waals surface area contributed by atoms with Crippen LogP contribution < -0.4 is 0 Å². The van der Waals surface area contributed by atoms with Gasteiger partial charge in [-0.3, -0.25) is 4.90 Å². The maximum atomic E-state index is 13.4. The zero-order chi connectivity index (χ0) is 23.8. The van der Waals surface area contributed by atoms with Crippen LogP contribution in [0.25, 0.3) is 0 Å². The van der Waals surface area contributed by atoms with Gasteiger partial charge in [0.2, 0.25) is 0 Å². The molecule has 3 aromatic carbocycles. The lowest BCUT2D eigenvalue weighted by Gasteiger charge is -2.35. The minimum atomic E-state index is -0.359. The molecule has 1 heterocycles. The van der Waals surface area contributed by atoms with Crippen LogP contribution in [0.5, 0.6) is 5.75 Å². The standard InChI is InChI=1S/C28H32F2N2O2/c29-25-9-5-23(6-10-25)28(24-7-11-26(30)12-8-24)34-21-20-32-18-16-31(17-19-32)15-1-2-22-3-13-27(33)14-4-22/h3-14,28,33H,1-2,15-21H2. The fraction of sp³-hybridized carbons (Fsp3) is 0.357. The summed E-state index contributed by atoms with van der Waals surface area (Å²) in [5, 5.41) is 9.39. The number of benzene rings is 3. The molecular weight excluding hydrogens is 434 g/mol. The molecule has 180 valence electrons. The largest absolute Gasteiger partial charge is 0.508 e. The van der Waals surface area contributed by atoms with Crippen molar-refractivity contribution in [2.24, 2.45) is 0 Å². The lowest BCUT2D eigenvalue weighted by atomic mass is 10.0. The Kier molecular flexibility index (Phi) is 8.63. The van der Waals surface area contributed by atoms with Gasteiger partial charge in [0.05, 0.1) is 6.61 Å². The first-order valence-corrected chi connectivity index (χ1v) is 11.9. The van der Waals surface area contributed by atoms with Crippen molar-refractivity contribution in [1.82, 2.24) is 9.80 Å². The van der Waals surface area contributed by atoms with Crippen molar-refractivity contribution in [3.05, 3.63) is 101 Å². The average Bonchev–Trinajstić information content (AvgIpc) is 2.85. The second-order valence-corrected chi connectivity index (χ2v) is 8.81. The van der Waals surface area contributed by atoms with Gasteiger partial charge in [0.1, 0.15) is 23.5 Å². The smallest absolute Gasteiger partial charge is 0.123 e. The molecule has 1 aliphatic heterocycles. The van der Waals surface area contributed by atoms with Gasteiger partial charge in [-0.05, 0) is 72.5 Å². The summed E-state index contributed by atoms with van der Waals surface area (Å²) in [6, 6.07) is 20.1. The molecule has 1 fully saturated rings. The zero-order valence-corrected chi connectivity index (χ0v) is 19.4. The zero-order valence-electron chi connectivity index (χ0n) is 19.4. The Morgan fingerprint density at radius 2 is 1.21 bits per heavy atom. The van der Waals surface area contributed by atoms with Crippen molar-refractivity contribution in [2.75, 3.05) is 45.9 Å². The van der Waals surface area contributed by atoms with E-state index >= 15 is 0 Å². The Morgan fingerprint density at radius 3 is 1.74 bits per heavy atom. The Labute approximate surface area is 200 Å². The number of hydrogen-bond acceptors (Lipinski definition) is 4. The predicted molar refractivity (Wildman–Crippen MR) is 130 cm³/mol. The summed E-state index contributed by atoms with van der Waals surface area (Å²) in [7, 11) is 0. The van der Waals surface area contributed by atoms with Crippen molar-refractivity contribution in [1.29, 1.82) is 0 Å². The summed E-state index contributed by atoms with van der Waals surface area (Å²) in [5.74, 6) is -0.268. The molecule has 0 amide bonds. The number of rotatable bonds is 10. The van der Waals surface area contributed by atoms with Crippen LogP contribution >= 0.6 is 0 Å². The van der Waals surface area contributed by atoms with Crippen LogP contribution in [-0.2, 0) is 11.2 Å². The number of nitrogens with zero attached hydrogens (tertiary/aromatic N) is 2. The van der Waals surface area contributed by atoms with Crippen LogP contribution in [0.2, 0.25) is 0 Å². The number of piperazine rings is 1. The lowest BCUT2D eigenvalue weighted by molar-refractivity contribution is 0.0451. The summed E-state index contributed by atoms with van der Waals surface area (Å²) in [4.78, 5) is 4.90. The molecule has 34 heavy (non-hydrogen) atoms. The molecular formula is C28H32F2N2O2. The fourth-order valence-electron chi connectivity index (χ4n) is 4.37. The molecule has 0 radical (unpaired) electrons. The number of aromatic hydroxyl groups is 1. The molecule has 1 aliphatic rings. The van der Waals surface area contributed by atoms with Gasteiger partial charge >= 0.3 is 0 Å². The van der Waals surface area contributed by atoms with Gasteiger partial charge in [-0.1, -0.05) is 36.4 Å². The summed E-state index contributed by atoms with van der Waals surface area (Å²) in [5.41, 5.74) is 2.96. The van der Waals surface area contributed by atoms with Crippen LogP contribution in [0.15, 0.2) is 72.8 Å². The number of hydrogen-bond donors (Lipinski definition) is 1. The second kappa shape index (κ2) is 12.1. The quantitative estimate of drug-likeness (QED) is 0.455. The van der Waals surface area contributed by atoms with Gasteiger partial charge in [-0.15, -0.1) is 0 Å². The van der Waals surface area contributed by atoms with E-state index in [-0.39, 0.29) is 17.7 Å². The Hall–Kier alpha value is -2.80. The van der Waals surface area contributed by atoms with Gasteiger partial charge in [0.15, 0.2) is 0 Å². The van der Waals surface area contributed by atoms with E-state index in [1.807, 2.05) is 12.1 Å². The van der Waals surface area contributed by atoms with E-state index in [0.29, 0.717) is 12.4 Å². The maximum absolute atomic E-state index is 13.4. The van der Waals surface area contributed by atoms with Crippen molar-refractivity contribution >= 4 is 0 Å². The van der Waals surface area contributed by atoms with Gasteiger partial charge < -0.3 is 14.7 Å². The van der Waals surface area contributed by atoms with E-state index in [2.05, 4.69) is 9.80 Å². The van der Waals surface area contributed by atoms with E-state index in [9.17, 15) is 13.9 Å². The molecule has 6 heteroatoms. The van der Waals surface area contributed by atoms with Crippen molar-refractivity contribution in [3.63, 3.8) is 0 Å². The van der Waals surface area contributed by atoms with Gasteiger partial charge in [0.25, 0.3) is 0 Å². The first kappa shape index (κ1) is 24.3. The maximum Gasteiger partial charge on any atom is 0.123 e. The average molecular weight is 467 g/mol. The van der Waals surface area contributed by atoms with E-state index in [1.165, 1.54) is 29.8 Å². The Morgan fingerprint density at radius 1 is 0.706 bits per heavy atom. The lowest BCUT2D eigenvalue weighted by Crippen LogP contribution is -2.47. The molecule has 0 saturated carbocycles. The predicted octanol–water partition coefficient (Wildman–Crippen LogP) is 5.03. The van der Waals surface area contributed by atoms with Crippen molar-refractivity contribution < 1.29 is 18.6 Å². The highest BCUT2D eigenvalue weighted by atomic mass is 19.1. The number of phenolic OH excluding ortho intramolecular Hbond substituents is 1. The summed E-state index contributed by atoms with van der Waals surface area (Å²) in [6.07, 6.45) is 1.76. The fourth-order valence-corrected chi connectivity index (χ4v) is 4.37. The molecule has 4 rings (SSSR count). The number of ether oxygens (including phenoxy) is 1. The first-order chi connectivity index (χ1) is 16.6.